The van der Waals surface area contributed by atoms with Crippen molar-refractivity contribution in [1.29, 1.82) is 0 Å². The third kappa shape index (κ3) is 4.45. The molecule has 0 N–H and O–H groups in total. The zero-order valence-corrected chi connectivity index (χ0v) is 20.2. The van der Waals surface area contributed by atoms with Crippen LogP contribution in [-0.2, 0) is 0 Å². The van der Waals surface area contributed by atoms with E-state index in [0.29, 0.717) is 11.1 Å². The predicted octanol–water partition coefficient (Wildman–Crippen LogP) is 10.2. The summed E-state index contributed by atoms with van der Waals surface area (Å²) in [5, 5.41) is 0. The quantitative estimate of drug-likeness (QED) is 0.205. The second kappa shape index (κ2) is 9.04. The van der Waals surface area contributed by atoms with Gasteiger partial charge in [-0.15, -0.1) is 22.7 Å². The fourth-order valence-corrected chi connectivity index (χ4v) is 6.62. The Morgan fingerprint density at radius 3 is 0.972 bits per heavy atom. The van der Waals surface area contributed by atoms with E-state index in [1.807, 2.05) is 48.5 Å². The van der Waals surface area contributed by atoms with Gasteiger partial charge in [-0.1, -0.05) is 48.5 Å². The van der Waals surface area contributed by atoms with Crippen molar-refractivity contribution in [3.05, 3.63) is 120 Å². The minimum absolute atomic E-state index is 0.504. The monoisotopic (exact) mass is 516 g/mol. The summed E-state index contributed by atoms with van der Waals surface area (Å²) in [4.78, 5) is 2.23. The number of thiophene rings is 2. The minimum Gasteiger partial charge on any atom is -0.207 e. The van der Waals surface area contributed by atoms with Gasteiger partial charge in [0.2, 0.25) is 0 Å². The highest BCUT2D eigenvalue weighted by atomic mass is 32.1. The summed E-state index contributed by atoms with van der Waals surface area (Å²) >= 11 is 3.37. The summed E-state index contributed by atoms with van der Waals surface area (Å²) in [6.45, 7) is 0. The molecule has 0 bridgehead atoms. The van der Waals surface area contributed by atoms with Crippen LogP contribution in [0.25, 0.3) is 52.5 Å². The Hall–Kier alpha value is -3.74. The highest BCUT2D eigenvalue weighted by Gasteiger charge is 2.11. The number of fused-ring (bicyclic) bond motifs is 1. The van der Waals surface area contributed by atoms with Gasteiger partial charge in [0.25, 0.3) is 0 Å². The second-order valence-electron chi connectivity index (χ2n) is 8.42. The second-order valence-corrected chi connectivity index (χ2v) is 10.6. The Kier molecular flexibility index (Phi) is 5.70. The maximum Gasteiger partial charge on any atom is 0.126 e. The molecular formula is C30H16F4S2. The molecule has 176 valence electrons. The van der Waals surface area contributed by atoms with Crippen molar-refractivity contribution in [2.75, 3.05) is 0 Å². The van der Waals surface area contributed by atoms with E-state index in [4.69, 9.17) is 0 Å². The molecule has 0 aliphatic heterocycles. The van der Waals surface area contributed by atoms with Gasteiger partial charge < -0.3 is 0 Å². The molecule has 6 aromatic rings. The van der Waals surface area contributed by atoms with Crippen LogP contribution in [0.15, 0.2) is 97.1 Å². The van der Waals surface area contributed by atoms with E-state index in [-0.39, 0.29) is 0 Å². The van der Waals surface area contributed by atoms with Crippen molar-refractivity contribution in [2.24, 2.45) is 0 Å². The highest BCUT2D eigenvalue weighted by Crippen LogP contribution is 2.42. The van der Waals surface area contributed by atoms with Gasteiger partial charge in [-0.2, -0.15) is 0 Å². The van der Waals surface area contributed by atoms with Gasteiger partial charge in [-0.25, -0.2) is 17.6 Å². The molecule has 0 unspecified atom stereocenters. The van der Waals surface area contributed by atoms with Crippen LogP contribution in [0.5, 0.6) is 0 Å². The molecule has 2 aromatic heterocycles. The van der Waals surface area contributed by atoms with Gasteiger partial charge in [-0.3, -0.25) is 0 Å². The molecule has 2 heterocycles. The Morgan fingerprint density at radius 2 is 0.639 bits per heavy atom. The highest BCUT2D eigenvalue weighted by molar-refractivity contribution is 7.31. The molecule has 0 nitrogen and oxygen atoms in total. The number of halogens is 4. The van der Waals surface area contributed by atoms with Crippen LogP contribution < -0.4 is 0 Å². The van der Waals surface area contributed by atoms with Gasteiger partial charge in [0.15, 0.2) is 0 Å². The number of hydrogen-bond donors (Lipinski definition) is 0. The van der Waals surface area contributed by atoms with E-state index in [9.17, 15) is 17.6 Å². The van der Waals surface area contributed by atoms with Crippen LogP contribution in [0.2, 0.25) is 0 Å². The lowest BCUT2D eigenvalue weighted by Crippen LogP contribution is -1.84. The van der Waals surface area contributed by atoms with E-state index in [1.54, 1.807) is 22.7 Å². The van der Waals surface area contributed by atoms with E-state index < -0.39 is 23.3 Å². The lowest BCUT2D eigenvalue weighted by molar-refractivity contribution is 0.583. The van der Waals surface area contributed by atoms with Crippen molar-refractivity contribution < 1.29 is 17.6 Å². The molecule has 0 radical (unpaired) electrons. The average Bonchev–Trinajstić information content (AvgIpc) is 3.43. The number of hydrogen-bond acceptors (Lipinski definition) is 2. The molecule has 0 spiro atoms. The van der Waals surface area contributed by atoms with E-state index in [1.165, 1.54) is 24.3 Å². The Bertz CT molecular complexity index is 1510. The van der Waals surface area contributed by atoms with Gasteiger partial charge in [0.05, 0.1) is 0 Å². The van der Waals surface area contributed by atoms with E-state index >= 15 is 0 Å². The topological polar surface area (TPSA) is 0 Å². The lowest BCUT2D eigenvalue weighted by Gasteiger charge is -2.05. The van der Waals surface area contributed by atoms with E-state index in [2.05, 4.69) is 12.1 Å². The standard InChI is InChI=1S/C30H16F4S2/c31-23-9-21(10-24(32)13-23)17-1-5-19(6-2-17)27-15-29-30(35-27)16-28(36-29)20-7-3-18(4-8-20)22-11-25(33)14-26(34)12-22/h1-16H. The fourth-order valence-electron chi connectivity index (χ4n) is 4.22. The smallest absolute Gasteiger partial charge is 0.126 e. The number of rotatable bonds is 4. The van der Waals surface area contributed by atoms with Gasteiger partial charge >= 0.3 is 0 Å². The fraction of sp³-hybridized carbons (Fsp3) is 0. The summed E-state index contributed by atoms with van der Waals surface area (Å²) in [7, 11) is 0. The zero-order chi connectivity index (χ0) is 24.8. The molecule has 6 heteroatoms. The summed E-state index contributed by atoms with van der Waals surface area (Å²) in [6, 6.07) is 26.6. The Balaban J connectivity index is 1.24. The molecule has 0 aliphatic carbocycles. The van der Waals surface area contributed by atoms with Crippen LogP contribution in [-0.4, -0.2) is 0 Å². The Labute approximate surface area is 212 Å². The molecule has 4 aromatic carbocycles. The maximum absolute atomic E-state index is 13.6. The van der Waals surface area contributed by atoms with Gasteiger partial charge in [-0.05, 0) is 69.8 Å². The first kappa shape index (κ1) is 22.7. The van der Waals surface area contributed by atoms with Gasteiger partial charge in [0.1, 0.15) is 23.3 Å². The van der Waals surface area contributed by atoms with Gasteiger partial charge in [0, 0.05) is 31.3 Å². The number of benzene rings is 4. The molecule has 0 aliphatic rings. The lowest BCUT2D eigenvalue weighted by atomic mass is 10.0. The molecule has 0 saturated carbocycles. The zero-order valence-electron chi connectivity index (χ0n) is 18.6. The molecule has 0 amide bonds. The first-order valence-corrected chi connectivity index (χ1v) is 12.7. The van der Waals surface area contributed by atoms with Crippen LogP contribution in [0.4, 0.5) is 17.6 Å². The van der Waals surface area contributed by atoms with Crippen LogP contribution >= 0.6 is 22.7 Å². The maximum atomic E-state index is 13.6. The molecule has 0 atom stereocenters. The van der Waals surface area contributed by atoms with Crippen molar-refractivity contribution in [2.45, 2.75) is 0 Å². The normalized spacial score (nSPS) is 11.3. The largest absolute Gasteiger partial charge is 0.207 e. The van der Waals surface area contributed by atoms with Crippen molar-refractivity contribution in [3.8, 4) is 43.1 Å². The van der Waals surface area contributed by atoms with E-state index in [0.717, 1.165) is 53.5 Å². The minimum atomic E-state index is -0.596. The summed E-state index contributed by atoms with van der Waals surface area (Å²) < 4.78 is 56.6. The molecule has 0 saturated heterocycles. The van der Waals surface area contributed by atoms with Crippen molar-refractivity contribution in [3.63, 3.8) is 0 Å². The third-order valence-corrected chi connectivity index (χ3v) is 8.33. The summed E-state index contributed by atoms with van der Waals surface area (Å²) in [5.74, 6) is -2.39. The Morgan fingerprint density at radius 1 is 0.333 bits per heavy atom. The molecule has 0 fully saturated rings. The molecule has 36 heavy (non-hydrogen) atoms. The van der Waals surface area contributed by atoms with Crippen LogP contribution in [0.3, 0.4) is 0 Å². The SMILES string of the molecule is Fc1cc(F)cc(-c2ccc(-c3cc4sc(-c5ccc(-c6cc(F)cc(F)c6)cc5)cc4s3)cc2)c1. The molecule has 6 rings (SSSR count). The van der Waals surface area contributed by atoms with Crippen LogP contribution in [0, 0.1) is 23.3 Å². The van der Waals surface area contributed by atoms with Crippen molar-refractivity contribution >= 4 is 32.1 Å². The third-order valence-electron chi connectivity index (χ3n) is 5.94. The average molecular weight is 517 g/mol. The first-order chi connectivity index (χ1) is 17.4. The first-order valence-electron chi connectivity index (χ1n) is 11.1. The summed E-state index contributed by atoms with van der Waals surface area (Å²) in [6.07, 6.45) is 0. The summed E-state index contributed by atoms with van der Waals surface area (Å²) in [5.41, 5.74) is 4.59. The molecular weight excluding hydrogens is 500 g/mol. The predicted molar refractivity (Wildman–Crippen MR) is 141 cm³/mol. The van der Waals surface area contributed by atoms with Crippen LogP contribution in [0.1, 0.15) is 0 Å². The van der Waals surface area contributed by atoms with Crippen molar-refractivity contribution in [1.82, 2.24) is 0 Å².